The van der Waals surface area contributed by atoms with Crippen molar-refractivity contribution in [3.63, 3.8) is 0 Å². The van der Waals surface area contributed by atoms with E-state index in [9.17, 15) is 9.90 Å². The lowest BCUT2D eigenvalue weighted by Gasteiger charge is -2.12. The molecule has 1 aliphatic rings. The molecule has 94 valence electrons. The topological polar surface area (TPSA) is 46.5 Å². The van der Waals surface area contributed by atoms with Gasteiger partial charge >= 0.3 is 5.97 Å². The van der Waals surface area contributed by atoms with Crippen molar-refractivity contribution in [3.8, 4) is 0 Å². The predicted molar refractivity (Wildman–Crippen MR) is 66.5 cm³/mol. The van der Waals surface area contributed by atoms with E-state index in [1.807, 2.05) is 0 Å². The fraction of sp³-hybridized carbons (Fsp3) is 0.917. The van der Waals surface area contributed by atoms with Crippen LogP contribution in [0.25, 0.3) is 0 Å². The SMILES string of the molecule is CCOC(=O)CC(O)CSCC1CCCC1. The summed E-state index contributed by atoms with van der Waals surface area (Å²) in [5.41, 5.74) is 0. The average Bonchev–Trinajstić information content (AvgIpc) is 2.70. The van der Waals surface area contributed by atoms with Gasteiger partial charge < -0.3 is 9.84 Å². The number of thioether (sulfide) groups is 1. The fourth-order valence-electron chi connectivity index (χ4n) is 2.02. The Morgan fingerprint density at radius 2 is 2.19 bits per heavy atom. The molecule has 1 atom stereocenters. The first-order valence-corrected chi connectivity index (χ1v) is 7.29. The van der Waals surface area contributed by atoms with Crippen LogP contribution in [0.3, 0.4) is 0 Å². The third-order valence-corrected chi connectivity index (χ3v) is 4.17. The van der Waals surface area contributed by atoms with Crippen LogP contribution in [0.4, 0.5) is 0 Å². The van der Waals surface area contributed by atoms with Gasteiger partial charge in [-0.15, -0.1) is 0 Å². The molecule has 16 heavy (non-hydrogen) atoms. The number of hydrogen-bond donors (Lipinski definition) is 1. The van der Waals surface area contributed by atoms with Crippen LogP contribution in [0.5, 0.6) is 0 Å². The first-order chi connectivity index (χ1) is 7.72. The molecule has 0 bridgehead atoms. The second-order valence-corrected chi connectivity index (χ2v) is 5.43. The molecule has 0 aromatic carbocycles. The Balaban J connectivity index is 2.00. The summed E-state index contributed by atoms with van der Waals surface area (Å²) >= 11 is 1.76. The predicted octanol–water partition coefficient (Wildman–Crippen LogP) is 2.22. The Kier molecular flexibility index (Phi) is 6.88. The van der Waals surface area contributed by atoms with Gasteiger partial charge in [0.25, 0.3) is 0 Å². The van der Waals surface area contributed by atoms with Crippen molar-refractivity contribution in [1.82, 2.24) is 0 Å². The van der Waals surface area contributed by atoms with Crippen molar-refractivity contribution in [2.24, 2.45) is 5.92 Å². The summed E-state index contributed by atoms with van der Waals surface area (Å²) in [4.78, 5) is 11.1. The van der Waals surface area contributed by atoms with E-state index in [1.54, 1.807) is 18.7 Å². The number of aliphatic hydroxyl groups excluding tert-OH is 1. The van der Waals surface area contributed by atoms with Crippen LogP contribution in [0, 0.1) is 5.92 Å². The summed E-state index contributed by atoms with van der Waals surface area (Å²) < 4.78 is 4.78. The minimum absolute atomic E-state index is 0.130. The molecule has 0 heterocycles. The lowest BCUT2D eigenvalue weighted by atomic mass is 10.1. The molecule has 0 radical (unpaired) electrons. The van der Waals surface area contributed by atoms with E-state index in [0.717, 1.165) is 11.7 Å². The zero-order chi connectivity index (χ0) is 11.8. The Morgan fingerprint density at radius 3 is 2.81 bits per heavy atom. The maximum Gasteiger partial charge on any atom is 0.308 e. The first kappa shape index (κ1) is 13.8. The van der Waals surface area contributed by atoms with E-state index in [2.05, 4.69) is 0 Å². The highest BCUT2D eigenvalue weighted by atomic mass is 32.2. The van der Waals surface area contributed by atoms with Crippen molar-refractivity contribution in [2.45, 2.75) is 45.1 Å². The standard InChI is InChI=1S/C12H22O3S/c1-2-15-12(14)7-11(13)9-16-8-10-5-3-4-6-10/h10-11,13H,2-9H2,1H3. The number of carbonyl (C=O) groups is 1. The largest absolute Gasteiger partial charge is 0.466 e. The van der Waals surface area contributed by atoms with Crippen molar-refractivity contribution in [2.75, 3.05) is 18.1 Å². The molecule has 0 aromatic heterocycles. The molecule has 1 fully saturated rings. The van der Waals surface area contributed by atoms with Crippen LogP contribution >= 0.6 is 11.8 Å². The first-order valence-electron chi connectivity index (χ1n) is 6.13. The Hall–Kier alpha value is -0.220. The van der Waals surface area contributed by atoms with E-state index in [0.29, 0.717) is 12.4 Å². The molecule has 1 aliphatic carbocycles. The zero-order valence-corrected chi connectivity index (χ0v) is 10.8. The van der Waals surface area contributed by atoms with Gasteiger partial charge in [-0.1, -0.05) is 12.8 Å². The minimum atomic E-state index is -0.551. The summed E-state index contributed by atoms with van der Waals surface area (Å²) in [6.45, 7) is 2.17. The number of ether oxygens (including phenoxy) is 1. The Labute approximate surface area is 102 Å². The average molecular weight is 246 g/mol. The molecule has 0 aromatic rings. The molecule has 0 amide bonds. The molecule has 1 rings (SSSR count). The Bertz CT molecular complexity index is 202. The lowest BCUT2D eigenvalue weighted by molar-refractivity contribution is -0.144. The second-order valence-electron chi connectivity index (χ2n) is 4.35. The molecular formula is C12H22O3S. The summed E-state index contributed by atoms with van der Waals surface area (Å²) in [5, 5.41) is 9.60. The van der Waals surface area contributed by atoms with E-state index < -0.39 is 6.10 Å². The summed E-state index contributed by atoms with van der Waals surface area (Å²) in [6.07, 6.45) is 4.96. The van der Waals surface area contributed by atoms with Gasteiger partial charge in [0.15, 0.2) is 0 Å². The number of rotatable bonds is 7. The number of aliphatic hydroxyl groups is 1. The minimum Gasteiger partial charge on any atom is -0.466 e. The van der Waals surface area contributed by atoms with Crippen LogP contribution in [0.15, 0.2) is 0 Å². The van der Waals surface area contributed by atoms with Crippen LogP contribution in [0.1, 0.15) is 39.0 Å². The molecular weight excluding hydrogens is 224 g/mol. The van der Waals surface area contributed by atoms with Crippen molar-refractivity contribution >= 4 is 17.7 Å². The molecule has 1 N–H and O–H groups in total. The summed E-state index contributed by atoms with van der Waals surface area (Å²) in [6, 6.07) is 0. The van der Waals surface area contributed by atoms with Crippen molar-refractivity contribution in [1.29, 1.82) is 0 Å². The second kappa shape index (κ2) is 7.96. The van der Waals surface area contributed by atoms with Gasteiger partial charge in [-0.05, 0) is 31.4 Å². The van der Waals surface area contributed by atoms with Crippen LogP contribution in [-0.2, 0) is 9.53 Å². The normalized spacial score (nSPS) is 18.6. The lowest BCUT2D eigenvalue weighted by Crippen LogP contribution is -2.18. The number of hydrogen-bond acceptors (Lipinski definition) is 4. The maximum atomic E-state index is 11.1. The highest BCUT2D eigenvalue weighted by Gasteiger charge is 2.16. The molecule has 1 saturated carbocycles. The van der Waals surface area contributed by atoms with Gasteiger partial charge in [-0.3, -0.25) is 4.79 Å². The van der Waals surface area contributed by atoms with E-state index in [1.165, 1.54) is 25.7 Å². The third kappa shape index (κ3) is 5.75. The summed E-state index contributed by atoms with van der Waals surface area (Å²) in [5.74, 6) is 2.31. The highest BCUT2D eigenvalue weighted by Crippen LogP contribution is 2.28. The van der Waals surface area contributed by atoms with Gasteiger partial charge in [0.1, 0.15) is 0 Å². The number of carbonyl (C=O) groups excluding carboxylic acids is 1. The van der Waals surface area contributed by atoms with Crippen LogP contribution < -0.4 is 0 Å². The quantitative estimate of drug-likeness (QED) is 0.700. The fourth-order valence-corrected chi connectivity index (χ4v) is 3.21. The molecule has 0 saturated heterocycles. The van der Waals surface area contributed by atoms with Crippen LogP contribution in [0.2, 0.25) is 0 Å². The van der Waals surface area contributed by atoms with E-state index in [4.69, 9.17) is 4.74 Å². The van der Waals surface area contributed by atoms with Gasteiger partial charge in [0.05, 0.1) is 19.1 Å². The Morgan fingerprint density at radius 1 is 1.50 bits per heavy atom. The zero-order valence-electron chi connectivity index (χ0n) is 9.98. The van der Waals surface area contributed by atoms with Gasteiger partial charge in [0.2, 0.25) is 0 Å². The maximum absolute atomic E-state index is 11.1. The van der Waals surface area contributed by atoms with Gasteiger partial charge in [-0.2, -0.15) is 11.8 Å². The number of esters is 1. The molecule has 0 spiro atoms. The molecule has 3 nitrogen and oxygen atoms in total. The van der Waals surface area contributed by atoms with Gasteiger partial charge in [0, 0.05) is 5.75 Å². The smallest absolute Gasteiger partial charge is 0.308 e. The monoisotopic (exact) mass is 246 g/mol. The van der Waals surface area contributed by atoms with Gasteiger partial charge in [-0.25, -0.2) is 0 Å². The third-order valence-electron chi connectivity index (χ3n) is 2.85. The molecule has 4 heteroatoms. The van der Waals surface area contributed by atoms with E-state index in [-0.39, 0.29) is 12.4 Å². The highest BCUT2D eigenvalue weighted by molar-refractivity contribution is 7.99. The molecule has 0 aliphatic heterocycles. The van der Waals surface area contributed by atoms with Crippen LogP contribution in [-0.4, -0.2) is 35.3 Å². The van der Waals surface area contributed by atoms with Crippen molar-refractivity contribution < 1.29 is 14.6 Å². The van der Waals surface area contributed by atoms with Crippen molar-refractivity contribution in [3.05, 3.63) is 0 Å². The van der Waals surface area contributed by atoms with E-state index >= 15 is 0 Å². The summed E-state index contributed by atoms with van der Waals surface area (Å²) in [7, 11) is 0. The molecule has 1 unspecified atom stereocenters.